The third-order valence-electron chi connectivity index (χ3n) is 3.21. The number of nitrogens with zero attached hydrogens (tertiary/aromatic N) is 1. The van der Waals surface area contributed by atoms with Crippen molar-refractivity contribution in [1.82, 2.24) is 4.98 Å². The zero-order valence-electron chi connectivity index (χ0n) is 11.4. The van der Waals surface area contributed by atoms with Gasteiger partial charge in [-0.05, 0) is 30.7 Å². The summed E-state index contributed by atoms with van der Waals surface area (Å²) in [5.74, 6) is 1.62. The Labute approximate surface area is 118 Å². The molecule has 0 spiro atoms. The Morgan fingerprint density at radius 3 is 3.05 bits per heavy atom. The van der Waals surface area contributed by atoms with Crippen molar-refractivity contribution < 1.29 is 14.2 Å². The Balaban J connectivity index is 1.70. The molecule has 4 nitrogen and oxygen atoms in total. The van der Waals surface area contributed by atoms with Crippen LogP contribution in [0.3, 0.4) is 0 Å². The second kappa shape index (κ2) is 5.92. The summed E-state index contributed by atoms with van der Waals surface area (Å²) in [7, 11) is 1.65. The highest BCUT2D eigenvalue weighted by molar-refractivity contribution is 5.86. The van der Waals surface area contributed by atoms with Crippen LogP contribution in [0.5, 0.6) is 11.5 Å². The summed E-state index contributed by atoms with van der Waals surface area (Å²) in [4.78, 5) is 4.32. The number of hydrogen-bond donors (Lipinski definition) is 0. The number of methoxy groups -OCH3 is 1. The minimum absolute atomic E-state index is 0.428. The highest BCUT2D eigenvalue weighted by Crippen LogP contribution is 2.27. The van der Waals surface area contributed by atoms with Crippen molar-refractivity contribution in [2.75, 3.05) is 20.3 Å². The van der Waals surface area contributed by atoms with Gasteiger partial charge < -0.3 is 14.2 Å². The van der Waals surface area contributed by atoms with Gasteiger partial charge in [-0.1, -0.05) is 12.2 Å². The van der Waals surface area contributed by atoms with Crippen LogP contribution < -0.4 is 9.47 Å². The van der Waals surface area contributed by atoms with Crippen LogP contribution in [0.2, 0.25) is 0 Å². The summed E-state index contributed by atoms with van der Waals surface area (Å²) in [5, 5.41) is 0.964. The number of hydrogen-bond acceptors (Lipinski definition) is 4. The second-order valence-electron chi connectivity index (χ2n) is 4.67. The zero-order chi connectivity index (χ0) is 13.8. The van der Waals surface area contributed by atoms with Crippen LogP contribution in [-0.4, -0.2) is 31.4 Å². The predicted molar refractivity (Wildman–Crippen MR) is 77.3 cm³/mol. The van der Waals surface area contributed by atoms with E-state index in [0.717, 1.165) is 35.4 Å². The fraction of sp³-hybridized carbons (Fsp3) is 0.312. The summed E-state index contributed by atoms with van der Waals surface area (Å²) in [5.41, 5.74) is 0.902. The molecule has 1 aromatic carbocycles. The smallest absolute Gasteiger partial charge is 0.130 e. The zero-order valence-corrected chi connectivity index (χ0v) is 11.4. The van der Waals surface area contributed by atoms with Crippen molar-refractivity contribution >= 4 is 10.9 Å². The van der Waals surface area contributed by atoms with Gasteiger partial charge in [-0.15, -0.1) is 0 Å². The van der Waals surface area contributed by atoms with Crippen molar-refractivity contribution in [1.29, 1.82) is 0 Å². The Bertz CT molecular complexity index is 620. The third-order valence-corrected chi connectivity index (χ3v) is 3.21. The van der Waals surface area contributed by atoms with E-state index in [1.807, 2.05) is 30.3 Å². The third kappa shape index (κ3) is 3.08. The summed E-state index contributed by atoms with van der Waals surface area (Å²) in [6.07, 6.45) is 7.27. The number of pyridine rings is 1. The monoisotopic (exact) mass is 271 g/mol. The van der Waals surface area contributed by atoms with Crippen LogP contribution in [0.1, 0.15) is 6.42 Å². The lowest BCUT2D eigenvalue weighted by atomic mass is 10.2. The molecule has 1 aliphatic heterocycles. The first-order valence-electron chi connectivity index (χ1n) is 6.69. The molecule has 0 amide bonds. The van der Waals surface area contributed by atoms with Gasteiger partial charge >= 0.3 is 0 Å². The molecule has 0 bridgehead atoms. The van der Waals surface area contributed by atoms with E-state index in [9.17, 15) is 0 Å². The number of aromatic nitrogens is 1. The van der Waals surface area contributed by atoms with E-state index in [-0.39, 0.29) is 0 Å². The molecule has 0 saturated carbocycles. The number of fused-ring (bicyclic) bond motifs is 1. The van der Waals surface area contributed by atoms with Gasteiger partial charge in [-0.3, -0.25) is 4.98 Å². The molecule has 1 saturated heterocycles. The number of epoxide rings is 1. The molecule has 4 heteroatoms. The molecule has 0 unspecified atom stereocenters. The maximum Gasteiger partial charge on any atom is 0.130 e. The Hall–Kier alpha value is -2.07. The average molecular weight is 271 g/mol. The fourth-order valence-corrected chi connectivity index (χ4v) is 2.01. The minimum atomic E-state index is 0.428. The molecule has 0 radical (unpaired) electrons. The van der Waals surface area contributed by atoms with Gasteiger partial charge in [0.05, 0.1) is 25.3 Å². The predicted octanol–water partition coefficient (Wildman–Crippen LogP) is 2.97. The normalized spacial score (nSPS) is 17.6. The summed E-state index contributed by atoms with van der Waals surface area (Å²) >= 11 is 0. The van der Waals surface area contributed by atoms with E-state index in [1.165, 1.54) is 0 Å². The molecule has 1 aromatic heterocycles. The molecule has 2 heterocycles. The molecule has 2 aromatic rings. The van der Waals surface area contributed by atoms with Gasteiger partial charge in [0.25, 0.3) is 0 Å². The number of rotatable bonds is 6. The molecule has 0 aliphatic carbocycles. The first-order chi connectivity index (χ1) is 9.86. The largest absolute Gasteiger partial charge is 0.497 e. The topological polar surface area (TPSA) is 43.9 Å². The van der Waals surface area contributed by atoms with Crippen molar-refractivity contribution in [3.63, 3.8) is 0 Å². The van der Waals surface area contributed by atoms with E-state index in [2.05, 4.69) is 11.1 Å². The molecule has 0 N–H and O–H groups in total. The molecular weight excluding hydrogens is 254 g/mol. The first kappa shape index (κ1) is 12.9. The van der Waals surface area contributed by atoms with Crippen LogP contribution in [0, 0.1) is 0 Å². The SMILES string of the molecule is COc1ccc2nccc(OCC=CC[C@@H]3CO3)c2c1. The van der Waals surface area contributed by atoms with Crippen LogP contribution in [0.15, 0.2) is 42.6 Å². The van der Waals surface area contributed by atoms with E-state index in [1.54, 1.807) is 13.3 Å². The number of ether oxygens (including phenoxy) is 3. The van der Waals surface area contributed by atoms with Gasteiger partial charge in [0.1, 0.15) is 18.1 Å². The summed E-state index contributed by atoms with van der Waals surface area (Å²) in [6.45, 7) is 1.43. The molecule has 104 valence electrons. The van der Waals surface area contributed by atoms with E-state index >= 15 is 0 Å². The number of benzene rings is 1. The van der Waals surface area contributed by atoms with E-state index in [4.69, 9.17) is 14.2 Å². The van der Waals surface area contributed by atoms with Gasteiger partial charge in [-0.25, -0.2) is 0 Å². The van der Waals surface area contributed by atoms with Gasteiger partial charge in [0.2, 0.25) is 0 Å². The first-order valence-corrected chi connectivity index (χ1v) is 6.69. The van der Waals surface area contributed by atoms with Crippen LogP contribution in [0.25, 0.3) is 10.9 Å². The minimum Gasteiger partial charge on any atom is -0.497 e. The maximum atomic E-state index is 5.80. The van der Waals surface area contributed by atoms with Crippen LogP contribution >= 0.6 is 0 Å². The van der Waals surface area contributed by atoms with Gasteiger partial charge in [0, 0.05) is 11.6 Å². The van der Waals surface area contributed by atoms with Crippen LogP contribution in [-0.2, 0) is 4.74 Å². The molecule has 1 fully saturated rings. The lowest BCUT2D eigenvalue weighted by Crippen LogP contribution is -1.95. The summed E-state index contributed by atoms with van der Waals surface area (Å²) in [6, 6.07) is 7.65. The van der Waals surface area contributed by atoms with Crippen LogP contribution in [0.4, 0.5) is 0 Å². The Morgan fingerprint density at radius 1 is 1.35 bits per heavy atom. The lowest BCUT2D eigenvalue weighted by Gasteiger charge is -2.08. The quantitative estimate of drug-likeness (QED) is 0.598. The Kier molecular flexibility index (Phi) is 3.83. The van der Waals surface area contributed by atoms with E-state index in [0.29, 0.717) is 12.7 Å². The van der Waals surface area contributed by atoms with E-state index < -0.39 is 0 Å². The highest BCUT2D eigenvalue weighted by atomic mass is 16.6. The summed E-state index contributed by atoms with van der Waals surface area (Å²) < 4.78 is 16.2. The highest BCUT2D eigenvalue weighted by Gasteiger charge is 2.19. The molecule has 3 rings (SSSR count). The molecule has 1 aliphatic rings. The maximum absolute atomic E-state index is 5.80. The standard InChI is InChI=1S/C16H17NO3/c1-18-12-5-6-15-14(10-12)16(7-8-17-15)19-9-3-2-4-13-11-20-13/h2-3,5-8,10,13H,4,9,11H2,1H3/t13-/m1/s1. The van der Waals surface area contributed by atoms with Gasteiger partial charge in [0.15, 0.2) is 0 Å². The lowest BCUT2D eigenvalue weighted by molar-refractivity contribution is 0.365. The fourth-order valence-electron chi connectivity index (χ4n) is 2.01. The van der Waals surface area contributed by atoms with Crippen molar-refractivity contribution in [2.45, 2.75) is 12.5 Å². The second-order valence-corrected chi connectivity index (χ2v) is 4.67. The van der Waals surface area contributed by atoms with Crippen molar-refractivity contribution in [2.24, 2.45) is 0 Å². The molecule has 1 atom stereocenters. The van der Waals surface area contributed by atoms with Gasteiger partial charge in [-0.2, -0.15) is 0 Å². The van der Waals surface area contributed by atoms with Crippen molar-refractivity contribution in [3.8, 4) is 11.5 Å². The average Bonchev–Trinajstić information content (AvgIpc) is 3.31. The van der Waals surface area contributed by atoms with Crippen molar-refractivity contribution in [3.05, 3.63) is 42.6 Å². The molecular formula is C16H17NO3. The molecule has 20 heavy (non-hydrogen) atoms. The Morgan fingerprint density at radius 2 is 2.25 bits per heavy atom.